The normalized spacial score (nSPS) is 21.5. The molecule has 3 aromatic rings. The number of benzene rings is 2. The molecule has 2 aliphatic rings. The highest BCUT2D eigenvalue weighted by molar-refractivity contribution is 5.97. The molecule has 1 amide bonds. The molecule has 2 heterocycles. The van der Waals surface area contributed by atoms with Crippen LogP contribution in [0.1, 0.15) is 79.3 Å². The largest absolute Gasteiger partial charge is 0.469 e. The fourth-order valence-corrected chi connectivity index (χ4v) is 6.80. The van der Waals surface area contributed by atoms with Crippen molar-refractivity contribution in [3.05, 3.63) is 64.2 Å². The number of halogens is 9. The third kappa shape index (κ3) is 7.67. The van der Waals surface area contributed by atoms with Crippen LogP contribution < -0.4 is 9.80 Å². The third-order valence-corrected chi connectivity index (χ3v) is 9.28. The highest BCUT2D eigenvalue weighted by atomic mass is 19.4. The van der Waals surface area contributed by atoms with Gasteiger partial charge in [-0.2, -0.15) is 44.3 Å². The second kappa shape index (κ2) is 13.7. The second-order valence-electron chi connectivity index (χ2n) is 12.5. The lowest BCUT2D eigenvalue weighted by Gasteiger charge is -2.46. The zero-order chi connectivity index (χ0) is 36.8. The maximum absolute atomic E-state index is 14.1. The topological polar surface area (TPSA) is 93.5 Å². The quantitative estimate of drug-likeness (QED) is 0.184. The molecule has 2 atom stereocenters. The summed E-state index contributed by atoms with van der Waals surface area (Å²) in [5, 5.41) is 11.8. The Morgan fingerprint density at radius 1 is 0.860 bits per heavy atom. The number of fused-ring (bicyclic) bond motifs is 1. The van der Waals surface area contributed by atoms with Gasteiger partial charge in [-0.1, -0.05) is 12.0 Å². The van der Waals surface area contributed by atoms with E-state index in [4.69, 9.17) is 4.74 Å². The summed E-state index contributed by atoms with van der Waals surface area (Å²) in [5.74, 6) is -1.96. The molecule has 1 saturated carbocycles. The molecule has 9 nitrogen and oxygen atoms in total. The average Bonchev–Trinajstić information content (AvgIpc) is 3.50. The Hall–Kier alpha value is -4.38. The first-order valence-corrected chi connectivity index (χ1v) is 15.7. The Bertz CT molecular complexity index is 1680. The van der Waals surface area contributed by atoms with Crippen molar-refractivity contribution in [2.45, 2.75) is 82.6 Å². The monoisotopic (exact) mass is 720 g/mol. The van der Waals surface area contributed by atoms with E-state index < -0.39 is 71.3 Å². The number of nitrogens with zero attached hydrogens (tertiary/aromatic N) is 6. The van der Waals surface area contributed by atoms with E-state index in [1.165, 1.54) is 24.0 Å². The van der Waals surface area contributed by atoms with E-state index in [1.54, 1.807) is 6.92 Å². The van der Waals surface area contributed by atoms with Crippen molar-refractivity contribution < 1.29 is 53.8 Å². The molecular weight excluding hydrogens is 687 g/mol. The van der Waals surface area contributed by atoms with Crippen LogP contribution in [0.3, 0.4) is 0 Å². The van der Waals surface area contributed by atoms with Gasteiger partial charge in [-0.15, -0.1) is 5.10 Å². The van der Waals surface area contributed by atoms with E-state index >= 15 is 0 Å². The van der Waals surface area contributed by atoms with Crippen molar-refractivity contribution in [3.63, 3.8) is 0 Å². The maximum Gasteiger partial charge on any atom is 0.416 e. The molecule has 1 aliphatic carbocycles. The van der Waals surface area contributed by atoms with Crippen molar-refractivity contribution in [1.82, 2.24) is 20.2 Å². The van der Waals surface area contributed by atoms with Crippen LogP contribution in [0.2, 0.25) is 0 Å². The number of aromatic nitrogens is 4. The number of rotatable bonds is 7. The number of aryl methyl sites for hydroxylation is 1. The molecule has 1 aliphatic heterocycles. The Balaban J connectivity index is 1.62. The van der Waals surface area contributed by atoms with E-state index in [0.29, 0.717) is 44.2 Å². The highest BCUT2D eigenvalue weighted by Crippen LogP contribution is 2.47. The molecule has 272 valence electrons. The lowest BCUT2D eigenvalue weighted by molar-refractivity contribution is -0.147. The number of amides is 1. The van der Waals surface area contributed by atoms with Gasteiger partial charge in [-0.05, 0) is 91.3 Å². The zero-order valence-electron chi connectivity index (χ0n) is 27.0. The van der Waals surface area contributed by atoms with E-state index in [-0.39, 0.29) is 41.5 Å². The van der Waals surface area contributed by atoms with Gasteiger partial charge < -0.3 is 14.5 Å². The fraction of sp³-hybridized carbons (Fsp3) is 0.531. The summed E-state index contributed by atoms with van der Waals surface area (Å²) in [6.07, 6.45) is -13.5. The predicted octanol–water partition coefficient (Wildman–Crippen LogP) is 7.51. The van der Waals surface area contributed by atoms with E-state index in [9.17, 15) is 49.1 Å². The molecule has 0 bridgehead atoms. The second-order valence-corrected chi connectivity index (χ2v) is 12.5. The average molecular weight is 721 g/mol. The van der Waals surface area contributed by atoms with Crippen molar-refractivity contribution in [1.29, 1.82) is 0 Å². The molecule has 0 unspecified atom stereocenters. The Morgan fingerprint density at radius 3 is 1.94 bits per heavy atom. The van der Waals surface area contributed by atoms with Gasteiger partial charge in [0.15, 0.2) is 0 Å². The maximum atomic E-state index is 14.1. The summed E-state index contributed by atoms with van der Waals surface area (Å²) in [6.45, 7) is 1.07. The van der Waals surface area contributed by atoms with Crippen LogP contribution in [0.15, 0.2) is 36.4 Å². The number of carbonyl (C=O) groups is 2. The number of anilines is 2. The lowest BCUT2D eigenvalue weighted by Crippen LogP contribution is -2.50. The minimum atomic E-state index is -5.14. The Labute approximate surface area is 280 Å². The first-order chi connectivity index (χ1) is 23.3. The fourth-order valence-electron chi connectivity index (χ4n) is 6.80. The Kier molecular flexibility index (Phi) is 10.1. The van der Waals surface area contributed by atoms with Gasteiger partial charge in [-0.3, -0.25) is 9.59 Å². The molecule has 0 radical (unpaired) electrons. The smallest absolute Gasteiger partial charge is 0.416 e. The molecule has 0 N–H and O–H groups in total. The first kappa shape index (κ1) is 36.9. The van der Waals surface area contributed by atoms with Gasteiger partial charge >= 0.3 is 24.5 Å². The van der Waals surface area contributed by atoms with E-state index in [2.05, 4.69) is 15.4 Å². The Morgan fingerprint density at radius 2 is 1.44 bits per heavy atom. The van der Waals surface area contributed by atoms with Crippen molar-refractivity contribution >= 4 is 23.5 Å². The number of hydrogen-bond acceptors (Lipinski definition) is 7. The van der Waals surface area contributed by atoms with Crippen LogP contribution >= 0.6 is 0 Å². The van der Waals surface area contributed by atoms with E-state index in [0.717, 1.165) is 23.0 Å². The molecule has 18 heteroatoms. The zero-order valence-corrected chi connectivity index (χ0v) is 27.0. The lowest BCUT2D eigenvalue weighted by atomic mass is 9.80. The van der Waals surface area contributed by atoms with Crippen LogP contribution in [-0.2, 0) is 46.4 Å². The van der Waals surface area contributed by atoms with Crippen LogP contribution in [0.25, 0.3) is 0 Å². The van der Waals surface area contributed by atoms with E-state index in [1.807, 2.05) is 0 Å². The minimum Gasteiger partial charge on any atom is -0.469 e. The number of esters is 1. The van der Waals surface area contributed by atoms with Crippen molar-refractivity contribution in [2.24, 2.45) is 18.9 Å². The number of tetrazole rings is 1. The number of alkyl halides is 9. The third-order valence-electron chi connectivity index (χ3n) is 9.28. The summed E-state index contributed by atoms with van der Waals surface area (Å²) in [4.78, 5) is 29.8. The molecule has 1 aromatic heterocycles. The number of carbonyl (C=O) groups excluding carboxylic acids is 2. The summed E-state index contributed by atoms with van der Waals surface area (Å²) in [6, 6.07) is 2.05. The molecular formula is C32H33F9N6O3. The molecule has 0 saturated heterocycles. The van der Waals surface area contributed by atoms with Gasteiger partial charge in [0, 0.05) is 24.2 Å². The molecule has 5 rings (SSSR count). The summed E-state index contributed by atoms with van der Waals surface area (Å²) >= 11 is 0. The number of hydrogen-bond donors (Lipinski definition) is 0. The summed E-state index contributed by atoms with van der Waals surface area (Å²) in [5.41, 5.74) is -4.60. The van der Waals surface area contributed by atoms with Gasteiger partial charge in [0.1, 0.15) is 0 Å². The van der Waals surface area contributed by atoms with Crippen molar-refractivity contribution in [2.75, 3.05) is 16.9 Å². The molecule has 0 spiro atoms. The van der Waals surface area contributed by atoms with Gasteiger partial charge in [0.25, 0.3) is 5.95 Å². The number of methoxy groups -OCH3 is 1. The summed E-state index contributed by atoms with van der Waals surface area (Å²) < 4.78 is 130. The summed E-state index contributed by atoms with van der Waals surface area (Å²) in [7, 11) is 2.63. The van der Waals surface area contributed by atoms with Gasteiger partial charge in [-0.25, -0.2) is 0 Å². The predicted molar refractivity (Wildman–Crippen MR) is 159 cm³/mol. The SMILES string of the molecule is CC[C@@H]1C[C@@H](N(Cc2cc(C(F)(F)F)cc(C(F)(F)F)c2)c2nnn(C)n2)c2cc(C(F)(F)F)ccc2N1C(=O)C1CCC(C(=O)OC)CC1. The van der Waals surface area contributed by atoms with Gasteiger partial charge in [0.2, 0.25) is 5.91 Å². The van der Waals surface area contributed by atoms with Crippen LogP contribution in [0.5, 0.6) is 0 Å². The van der Waals surface area contributed by atoms with Crippen LogP contribution in [0, 0.1) is 11.8 Å². The first-order valence-electron chi connectivity index (χ1n) is 15.7. The molecule has 1 fully saturated rings. The molecule has 2 aromatic carbocycles. The minimum absolute atomic E-state index is 0.0187. The standard InChI is InChI=1S/C32H33F9N6O3/c1-4-23-15-26(46(29-42-44-45(2)43-29)16-17-11-21(31(36,37)38)13-22(12-17)32(39,40)41)24-14-20(30(33,34)35)9-10-25(24)47(23)27(48)18-5-7-19(8-6-18)28(49)50-3/h9-14,18-19,23,26H,4-8,15-16H2,1-3H3/t18?,19?,23-,26-/m1/s1. The van der Waals surface area contributed by atoms with Crippen LogP contribution in [0.4, 0.5) is 51.1 Å². The van der Waals surface area contributed by atoms with Crippen LogP contribution in [-0.4, -0.2) is 45.2 Å². The van der Waals surface area contributed by atoms with Gasteiger partial charge in [0.05, 0.1) is 42.8 Å². The molecule has 50 heavy (non-hydrogen) atoms. The van der Waals surface area contributed by atoms with Crippen molar-refractivity contribution in [3.8, 4) is 0 Å². The number of ether oxygens (including phenoxy) is 1. The highest BCUT2D eigenvalue weighted by Gasteiger charge is 2.44.